The SMILES string of the molecule is CCC1O[C@@H](O)CC1C. The topological polar surface area (TPSA) is 29.5 Å². The highest BCUT2D eigenvalue weighted by atomic mass is 16.6. The van der Waals surface area contributed by atoms with Gasteiger partial charge in [0.1, 0.15) is 0 Å². The molecular formula is C7H14O2. The third-order valence-electron chi connectivity index (χ3n) is 1.94. The predicted octanol–water partition coefficient (Wildman–Crippen LogP) is 1.14. The molecule has 0 aromatic carbocycles. The number of hydrogen-bond acceptors (Lipinski definition) is 2. The van der Waals surface area contributed by atoms with Crippen LogP contribution in [0.15, 0.2) is 0 Å². The Morgan fingerprint density at radius 2 is 2.33 bits per heavy atom. The van der Waals surface area contributed by atoms with E-state index < -0.39 is 6.29 Å². The van der Waals surface area contributed by atoms with E-state index in [4.69, 9.17) is 9.84 Å². The second-order valence-corrected chi connectivity index (χ2v) is 2.75. The maximum absolute atomic E-state index is 8.98. The van der Waals surface area contributed by atoms with Gasteiger partial charge in [0.15, 0.2) is 6.29 Å². The van der Waals surface area contributed by atoms with Gasteiger partial charge in [-0.15, -0.1) is 0 Å². The van der Waals surface area contributed by atoms with Gasteiger partial charge in [-0.2, -0.15) is 0 Å². The predicted molar refractivity (Wildman–Crippen MR) is 35.0 cm³/mol. The minimum Gasteiger partial charge on any atom is -0.368 e. The smallest absolute Gasteiger partial charge is 0.155 e. The molecule has 54 valence electrons. The van der Waals surface area contributed by atoms with E-state index in [1.807, 2.05) is 0 Å². The molecule has 0 bridgehead atoms. The summed E-state index contributed by atoms with van der Waals surface area (Å²) in [6, 6.07) is 0. The van der Waals surface area contributed by atoms with E-state index in [2.05, 4.69) is 13.8 Å². The van der Waals surface area contributed by atoms with Crippen molar-refractivity contribution in [3.63, 3.8) is 0 Å². The molecule has 0 spiro atoms. The van der Waals surface area contributed by atoms with Crippen molar-refractivity contribution in [2.24, 2.45) is 5.92 Å². The highest BCUT2D eigenvalue weighted by molar-refractivity contribution is 4.72. The van der Waals surface area contributed by atoms with Gasteiger partial charge in [0.25, 0.3) is 0 Å². The Bertz CT molecular complexity index is 92.9. The standard InChI is InChI=1S/C7H14O2/c1-3-6-5(2)4-7(8)9-6/h5-8H,3-4H2,1-2H3/t5?,6?,7-/m1/s1. The lowest BCUT2D eigenvalue weighted by Gasteiger charge is -2.09. The van der Waals surface area contributed by atoms with Gasteiger partial charge >= 0.3 is 0 Å². The lowest BCUT2D eigenvalue weighted by atomic mass is 10.0. The molecule has 2 unspecified atom stereocenters. The van der Waals surface area contributed by atoms with E-state index in [9.17, 15) is 0 Å². The van der Waals surface area contributed by atoms with Crippen LogP contribution >= 0.6 is 0 Å². The van der Waals surface area contributed by atoms with Crippen LogP contribution in [0.2, 0.25) is 0 Å². The van der Waals surface area contributed by atoms with Crippen molar-refractivity contribution in [2.45, 2.75) is 39.1 Å². The van der Waals surface area contributed by atoms with Crippen LogP contribution in [0.1, 0.15) is 26.7 Å². The highest BCUT2D eigenvalue weighted by Gasteiger charge is 2.28. The van der Waals surface area contributed by atoms with E-state index in [-0.39, 0.29) is 0 Å². The summed E-state index contributed by atoms with van der Waals surface area (Å²) in [7, 11) is 0. The van der Waals surface area contributed by atoms with Crippen molar-refractivity contribution in [2.75, 3.05) is 0 Å². The Hall–Kier alpha value is -0.0800. The maximum atomic E-state index is 8.98. The van der Waals surface area contributed by atoms with Gasteiger partial charge in [0.05, 0.1) is 6.10 Å². The first kappa shape index (κ1) is 7.03. The van der Waals surface area contributed by atoms with Gasteiger partial charge < -0.3 is 9.84 Å². The van der Waals surface area contributed by atoms with E-state index in [0.29, 0.717) is 12.0 Å². The first-order chi connectivity index (χ1) is 4.24. The number of hydrogen-bond donors (Lipinski definition) is 1. The zero-order chi connectivity index (χ0) is 6.85. The van der Waals surface area contributed by atoms with Gasteiger partial charge in [0.2, 0.25) is 0 Å². The molecule has 1 rings (SSSR count). The average molecular weight is 130 g/mol. The molecule has 1 heterocycles. The van der Waals surface area contributed by atoms with Crippen molar-refractivity contribution in [3.8, 4) is 0 Å². The lowest BCUT2D eigenvalue weighted by Crippen LogP contribution is -2.12. The number of rotatable bonds is 1. The van der Waals surface area contributed by atoms with E-state index in [1.165, 1.54) is 0 Å². The molecule has 0 aliphatic carbocycles. The van der Waals surface area contributed by atoms with Gasteiger partial charge in [-0.05, 0) is 12.3 Å². The van der Waals surface area contributed by atoms with Crippen molar-refractivity contribution in [3.05, 3.63) is 0 Å². The Morgan fingerprint density at radius 1 is 1.67 bits per heavy atom. The quantitative estimate of drug-likeness (QED) is 0.576. The monoisotopic (exact) mass is 130 g/mol. The molecule has 1 saturated heterocycles. The maximum Gasteiger partial charge on any atom is 0.155 e. The summed E-state index contributed by atoms with van der Waals surface area (Å²) in [6.45, 7) is 4.20. The van der Waals surface area contributed by atoms with Crippen LogP contribution in [0.5, 0.6) is 0 Å². The summed E-state index contributed by atoms with van der Waals surface area (Å²) in [4.78, 5) is 0. The van der Waals surface area contributed by atoms with Gasteiger partial charge in [-0.1, -0.05) is 13.8 Å². The Kier molecular flexibility index (Phi) is 2.09. The largest absolute Gasteiger partial charge is 0.368 e. The van der Waals surface area contributed by atoms with Crippen LogP contribution in [0.3, 0.4) is 0 Å². The van der Waals surface area contributed by atoms with Crippen LogP contribution in [0.4, 0.5) is 0 Å². The van der Waals surface area contributed by atoms with E-state index in [1.54, 1.807) is 0 Å². The molecule has 2 heteroatoms. The summed E-state index contributed by atoms with van der Waals surface area (Å²) < 4.78 is 5.18. The Balaban J connectivity index is 2.38. The van der Waals surface area contributed by atoms with E-state index >= 15 is 0 Å². The Labute approximate surface area is 55.8 Å². The zero-order valence-corrected chi connectivity index (χ0v) is 6.00. The van der Waals surface area contributed by atoms with Gasteiger partial charge in [-0.25, -0.2) is 0 Å². The van der Waals surface area contributed by atoms with Gasteiger partial charge in [-0.3, -0.25) is 0 Å². The molecule has 9 heavy (non-hydrogen) atoms. The summed E-state index contributed by atoms with van der Waals surface area (Å²) >= 11 is 0. The number of ether oxygens (including phenoxy) is 1. The molecule has 0 aromatic heterocycles. The van der Waals surface area contributed by atoms with Crippen molar-refractivity contribution in [1.82, 2.24) is 0 Å². The summed E-state index contributed by atoms with van der Waals surface area (Å²) in [6.07, 6.45) is 1.61. The van der Waals surface area contributed by atoms with Gasteiger partial charge in [0, 0.05) is 6.42 Å². The summed E-state index contributed by atoms with van der Waals surface area (Å²) in [5, 5.41) is 8.98. The number of aliphatic hydroxyl groups excluding tert-OH is 1. The molecule has 3 atom stereocenters. The molecule has 0 radical (unpaired) electrons. The normalized spacial score (nSPS) is 43.7. The number of aliphatic hydroxyl groups is 1. The highest BCUT2D eigenvalue weighted by Crippen LogP contribution is 2.26. The summed E-state index contributed by atoms with van der Waals surface area (Å²) in [5.41, 5.74) is 0. The van der Waals surface area contributed by atoms with Crippen molar-refractivity contribution < 1.29 is 9.84 Å². The van der Waals surface area contributed by atoms with Crippen molar-refractivity contribution >= 4 is 0 Å². The fourth-order valence-electron chi connectivity index (χ4n) is 1.36. The second-order valence-electron chi connectivity index (χ2n) is 2.75. The third-order valence-corrected chi connectivity index (χ3v) is 1.94. The summed E-state index contributed by atoms with van der Waals surface area (Å²) in [5.74, 6) is 0.532. The first-order valence-electron chi connectivity index (χ1n) is 3.57. The fourth-order valence-corrected chi connectivity index (χ4v) is 1.36. The molecule has 0 amide bonds. The first-order valence-corrected chi connectivity index (χ1v) is 3.57. The molecule has 1 N–H and O–H groups in total. The molecule has 1 aliphatic heterocycles. The van der Waals surface area contributed by atoms with Crippen LogP contribution in [-0.2, 0) is 4.74 Å². The molecule has 0 aromatic rings. The molecule has 1 fully saturated rings. The third kappa shape index (κ3) is 1.43. The zero-order valence-electron chi connectivity index (χ0n) is 6.00. The second kappa shape index (κ2) is 2.67. The average Bonchev–Trinajstić information content (AvgIpc) is 2.10. The lowest BCUT2D eigenvalue weighted by molar-refractivity contribution is -0.0921. The molecular weight excluding hydrogens is 116 g/mol. The van der Waals surface area contributed by atoms with Crippen molar-refractivity contribution in [1.29, 1.82) is 0 Å². The minimum absolute atomic E-state index is 0.292. The van der Waals surface area contributed by atoms with Crippen LogP contribution in [-0.4, -0.2) is 17.5 Å². The molecule has 1 aliphatic rings. The molecule has 2 nitrogen and oxygen atoms in total. The van der Waals surface area contributed by atoms with Crippen LogP contribution in [0.25, 0.3) is 0 Å². The fraction of sp³-hybridized carbons (Fsp3) is 1.00. The van der Waals surface area contributed by atoms with E-state index in [0.717, 1.165) is 12.8 Å². The minimum atomic E-state index is -0.495. The Morgan fingerprint density at radius 3 is 2.56 bits per heavy atom. The molecule has 0 saturated carbocycles. The van der Waals surface area contributed by atoms with Crippen LogP contribution < -0.4 is 0 Å². The van der Waals surface area contributed by atoms with Crippen LogP contribution in [0, 0.1) is 5.92 Å².